The summed E-state index contributed by atoms with van der Waals surface area (Å²) >= 11 is 0. The summed E-state index contributed by atoms with van der Waals surface area (Å²) in [6.45, 7) is 5.82. The van der Waals surface area contributed by atoms with Crippen molar-refractivity contribution in [1.82, 2.24) is 9.88 Å². The van der Waals surface area contributed by atoms with Gasteiger partial charge in [0.05, 0.1) is 12.1 Å². The van der Waals surface area contributed by atoms with Gasteiger partial charge in [0.1, 0.15) is 5.76 Å². The minimum absolute atomic E-state index is 0.144. The molecule has 1 saturated heterocycles. The first kappa shape index (κ1) is 14.8. The largest absolute Gasteiger partial charge is 0.440 e. The molecular formula is C18H22N2O2. The van der Waals surface area contributed by atoms with Crippen LogP contribution in [0, 0.1) is 12.8 Å². The topological polar surface area (TPSA) is 46.3 Å². The number of nitrogens with zero attached hydrogens (tertiary/aromatic N) is 2. The monoisotopic (exact) mass is 298 g/mol. The molecule has 0 radical (unpaired) electrons. The standard InChI is InChI=1S/C18H22N2O2/c1-13-7-6-10-20(12-13)17(21)11-16-14(2)19-18(22-16)15-8-4-3-5-9-15/h3-5,8-9,13H,6-7,10-12H2,1-2H3. The van der Waals surface area contributed by atoms with Crippen molar-refractivity contribution in [3.8, 4) is 11.5 Å². The van der Waals surface area contributed by atoms with E-state index < -0.39 is 0 Å². The van der Waals surface area contributed by atoms with Gasteiger partial charge in [-0.3, -0.25) is 4.79 Å². The Morgan fingerprint density at radius 2 is 2.14 bits per heavy atom. The van der Waals surface area contributed by atoms with Crippen molar-refractivity contribution in [1.29, 1.82) is 0 Å². The lowest BCUT2D eigenvalue weighted by Crippen LogP contribution is -2.39. The molecule has 1 fully saturated rings. The highest BCUT2D eigenvalue weighted by Gasteiger charge is 2.23. The van der Waals surface area contributed by atoms with Gasteiger partial charge in [0.2, 0.25) is 11.8 Å². The zero-order valence-electron chi connectivity index (χ0n) is 13.2. The van der Waals surface area contributed by atoms with Crippen LogP contribution in [0.4, 0.5) is 0 Å². The summed E-state index contributed by atoms with van der Waals surface area (Å²) in [6, 6.07) is 9.79. The molecule has 1 aromatic carbocycles. The second kappa shape index (κ2) is 6.34. The number of piperidine rings is 1. The molecule has 116 valence electrons. The molecule has 0 N–H and O–H groups in total. The molecule has 3 rings (SSSR count). The number of benzene rings is 1. The lowest BCUT2D eigenvalue weighted by molar-refractivity contribution is -0.132. The fourth-order valence-corrected chi connectivity index (χ4v) is 2.96. The van der Waals surface area contributed by atoms with Gasteiger partial charge in [-0.25, -0.2) is 4.98 Å². The third kappa shape index (κ3) is 3.21. The van der Waals surface area contributed by atoms with Crippen molar-refractivity contribution in [3.63, 3.8) is 0 Å². The third-order valence-corrected chi connectivity index (χ3v) is 4.23. The van der Waals surface area contributed by atoms with Crippen LogP contribution in [-0.2, 0) is 11.2 Å². The lowest BCUT2D eigenvalue weighted by Gasteiger charge is -2.30. The summed E-state index contributed by atoms with van der Waals surface area (Å²) in [6.07, 6.45) is 2.61. The average Bonchev–Trinajstić information content (AvgIpc) is 2.89. The maximum Gasteiger partial charge on any atom is 0.230 e. The van der Waals surface area contributed by atoms with E-state index in [2.05, 4.69) is 11.9 Å². The number of carbonyl (C=O) groups is 1. The molecule has 1 atom stereocenters. The number of likely N-dealkylation sites (tertiary alicyclic amines) is 1. The van der Waals surface area contributed by atoms with E-state index in [1.54, 1.807) is 0 Å². The lowest BCUT2D eigenvalue weighted by atomic mass is 10.00. The van der Waals surface area contributed by atoms with Crippen LogP contribution in [0.2, 0.25) is 0 Å². The van der Waals surface area contributed by atoms with E-state index in [-0.39, 0.29) is 5.91 Å². The quantitative estimate of drug-likeness (QED) is 0.872. The Bertz CT molecular complexity index is 648. The van der Waals surface area contributed by atoms with Gasteiger partial charge in [-0.05, 0) is 37.8 Å². The van der Waals surface area contributed by atoms with Crippen molar-refractivity contribution in [3.05, 3.63) is 41.8 Å². The highest BCUT2D eigenvalue weighted by atomic mass is 16.4. The van der Waals surface area contributed by atoms with E-state index in [0.717, 1.165) is 30.8 Å². The number of rotatable bonds is 3. The molecule has 4 heteroatoms. The van der Waals surface area contributed by atoms with E-state index in [1.807, 2.05) is 42.2 Å². The molecule has 1 aliphatic rings. The highest BCUT2D eigenvalue weighted by molar-refractivity contribution is 5.78. The molecule has 2 heterocycles. The summed E-state index contributed by atoms with van der Waals surface area (Å²) < 4.78 is 5.83. The minimum Gasteiger partial charge on any atom is -0.440 e. The fraction of sp³-hybridized carbons (Fsp3) is 0.444. The number of hydrogen-bond acceptors (Lipinski definition) is 3. The molecule has 0 aliphatic carbocycles. The Balaban J connectivity index is 1.73. The predicted molar refractivity (Wildman–Crippen MR) is 85.4 cm³/mol. The first-order valence-electron chi connectivity index (χ1n) is 7.93. The van der Waals surface area contributed by atoms with Crippen molar-refractivity contribution >= 4 is 5.91 Å². The number of aromatic nitrogens is 1. The van der Waals surface area contributed by atoms with Gasteiger partial charge in [0, 0.05) is 18.7 Å². The second-order valence-corrected chi connectivity index (χ2v) is 6.16. The molecule has 0 bridgehead atoms. The van der Waals surface area contributed by atoms with Crippen LogP contribution < -0.4 is 0 Å². The maximum atomic E-state index is 12.4. The van der Waals surface area contributed by atoms with Gasteiger partial charge in [0.25, 0.3) is 0 Å². The zero-order chi connectivity index (χ0) is 15.5. The molecule has 4 nitrogen and oxygen atoms in total. The first-order valence-corrected chi connectivity index (χ1v) is 7.93. The summed E-state index contributed by atoms with van der Waals surface area (Å²) in [7, 11) is 0. The fourth-order valence-electron chi connectivity index (χ4n) is 2.96. The van der Waals surface area contributed by atoms with Crippen molar-refractivity contribution in [2.45, 2.75) is 33.1 Å². The Morgan fingerprint density at radius 1 is 1.36 bits per heavy atom. The minimum atomic E-state index is 0.144. The van der Waals surface area contributed by atoms with E-state index in [9.17, 15) is 4.79 Å². The van der Waals surface area contributed by atoms with Crippen LogP contribution in [-0.4, -0.2) is 28.9 Å². The second-order valence-electron chi connectivity index (χ2n) is 6.16. The summed E-state index contributed by atoms with van der Waals surface area (Å²) in [4.78, 5) is 18.9. The molecule has 22 heavy (non-hydrogen) atoms. The van der Waals surface area contributed by atoms with E-state index in [1.165, 1.54) is 6.42 Å². The van der Waals surface area contributed by atoms with E-state index in [0.29, 0.717) is 24.0 Å². The van der Waals surface area contributed by atoms with Gasteiger partial charge in [-0.15, -0.1) is 0 Å². The van der Waals surface area contributed by atoms with Crippen LogP contribution in [0.1, 0.15) is 31.2 Å². The number of oxazole rings is 1. The maximum absolute atomic E-state index is 12.4. The Morgan fingerprint density at radius 3 is 2.86 bits per heavy atom. The molecule has 1 amide bonds. The number of hydrogen-bond donors (Lipinski definition) is 0. The first-order chi connectivity index (χ1) is 10.6. The molecule has 1 unspecified atom stereocenters. The Kier molecular flexibility index (Phi) is 4.27. The number of aryl methyl sites for hydroxylation is 1. The summed E-state index contributed by atoms with van der Waals surface area (Å²) in [5.74, 6) is 2.01. The number of carbonyl (C=O) groups excluding carboxylic acids is 1. The molecule has 0 saturated carbocycles. The predicted octanol–water partition coefficient (Wildman–Crippen LogP) is 3.45. The zero-order valence-corrected chi connectivity index (χ0v) is 13.2. The average molecular weight is 298 g/mol. The van der Waals surface area contributed by atoms with Gasteiger partial charge >= 0.3 is 0 Å². The molecule has 1 aromatic heterocycles. The Labute approximate surface area is 131 Å². The van der Waals surface area contributed by atoms with Crippen molar-refractivity contribution in [2.24, 2.45) is 5.92 Å². The Hall–Kier alpha value is -2.10. The number of amides is 1. The summed E-state index contributed by atoms with van der Waals surface area (Å²) in [5.41, 5.74) is 1.74. The third-order valence-electron chi connectivity index (χ3n) is 4.23. The highest BCUT2D eigenvalue weighted by Crippen LogP contribution is 2.23. The van der Waals surface area contributed by atoms with E-state index >= 15 is 0 Å². The summed E-state index contributed by atoms with van der Waals surface area (Å²) in [5, 5.41) is 0. The molecule has 0 spiro atoms. The smallest absolute Gasteiger partial charge is 0.230 e. The SMILES string of the molecule is Cc1nc(-c2ccccc2)oc1CC(=O)N1CCCC(C)C1. The van der Waals surface area contributed by atoms with Crippen LogP contribution in [0.5, 0.6) is 0 Å². The van der Waals surface area contributed by atoms with Gasteiger partial charge in [-0.1, -0.05) is 25.1 Å². The van der Waals surface area contributed by atoms with Crippen molar-refractivity contribution in [2.75, 3.05) is 13.1 Å². The van der Waals surface area contributed by atoms with Crippen LogP contribution in [0.25, 0.3) is 11.5 Å². The van der Waals surface area contributed by atoms with Gasteiger partial charge in [0.15, 0.2) is 0 Å². The van der Waals surface area contributed by atoms with Crippen LogP contribution in [0.3, 0.4) is 0 Å². The van der Waals surface area contributed by atoms with Crippen LogP contribution in [0.15, 0.2) is 34.7 Å². The van der Waals surface area contributed by atoms with Crippen molar-refractivity contribution < 1.29 is 9.21 Å². The van der Waals surface area contributed by atoms with E-state index in [4.69, 9.17) is 4.42 Å². The molecule has 2 aromatic rings. The normalized spacial score (nSPS) is 18.5. The van der Waals surface area contributed by atoms with Crippen LogP contribution >= 0.6 is 0 Å². The van der Waals surface area contributed by atoms with Gasteiger partial charge < -0.3 is 9.32 Å². The molecular weight excluding hydrogens is 276 g/mol. The van der Waals surface area contributed by atoms with Gasteiger partial charge in [-0.2, -0.15) is 0 Å². The molecule has 1 aliphatic heterocycles.